The first kappa shape index (κ1) is 17.7. The van der Waals surface area contributed by atoms with Crippen molar-refractivity contribution in [1.29, 1.82) is 0 Å². The van der Waals surface area contributed by atoms with Crippen LogP contribution >= 0.6 is 0 Å². The van der Waals surface area contributed by atoms with E-state index in [1.54, 1.807) is 0 Å². The number of non-ortho nitro benzene ring substituents is 1. The first-order valence-corrected chi connectivity index (χ1v) is 6.75. The third-order valence-electron chi connectivity index (χ3n) is 3.65. The highest BCUT2D eigenvalue weighted by molar-refractivity contribution is 5.83. The largest absolute Gasteiger partial charge is 0.502 e. The van der Waals surface area contributed by atoms with Crippen LogP contribution in [0.4, 0.5) is 17.2 Å². The van der Waals surface area contributed by atoms with Crippen molar-refractivity contribution in [2.75, 3.05) is 12.4 Å². The van der Waals surface area contributed by atoms with Crippen molar-refractivity contribution in [2.45, 2.75) is 0 Å². The van der Waals surface area contributed by atoms with E-state index in [1.807, 2.05) is 0 Å². The van der Waals surface area contributed by atoms with Gasteiger partial charge in [0.25, 0.3) is 11.2 Å². The zero-order valence-electron chi connectivity index (χ0n) is 13.3. The second-order valence-electron chi connectivity index (χ2n) is 5.05. The number of nitrogens with zero attached hydrogens (tertiary/aromatic N) is 4. The van der Waals surface area contributed by atoms with Crippen molar-refractivity contribution in [1.82, 2.24) is 9.13 Å². The number of nitrogens with one attached hydrogen (secondary N) is 1. The number of phenols is 1. The van der Waals surface area contributed by atoms with Gasteiger partial charge in [0.2, 0.25) is 5.75 Å². The summed E-state index contributed by atoms with van der Waals surface area (Å²) >= 11 is 0. The van der Waals surface area contributed by atoms with Crippen LogP contribution in [-0.4, -0.2) is 31.1 Å². The van der Waals surface area contributed by atoms with Crippen molar-refractivity contribution in [2.24, 2.45) is 14.1 Å². The molecular formula is C13H13N5O7. The van der Waals surface area contributed by atoms with E-state index in [9.17, 15) is 34.9 Å². The topological polar surface area (TPSA) is 163 Å². The molecule has 0 aliphatic carbocycles. The minimum Gasteiger partial charge on any atom is -0.502 e. The summed E-state index contributed by atoms with van der Waals surface area (Å²) in [5.74, 6) is -0.971. The molecule has 132 valence electrons. The molecule has 0 saturated carbocycles. The molecule has 0 bridgehead atoms. The maximum Gasteiger partial charge on any atom is 0.332 e. The van der Waals surface area contributed by atoms with Crippen LogP contribution < -0.4 is 16.6 Å². The molecule has 0 atom stereocenters. The van der Waals surface area contributed by atoms with E-state index in [2.05, 4.69) is 5.32 Å². The third-order valence-corrected chi connectivity index (χ3v) is 3.65. The maximum atomic E-state index is 12.5. The van der Waals surface area contributed by atoms with Gasteiger partial charge in [-0.05, 0) is 0 Å². The number of hydrogen-bond donors (Lipinski definition) is 2. The van der Waals surface area contributed by atoms with Gasteiger partial charge >= 0.3 is 11.4 Å². The minimum atomic E-state index is -1.00. The molecule has 0 unspecified atom stereocenters. The summed E-state index contributed by atoms with van der Waals surface area (Å²) < 4.78 is 1.76. The van der Waals surface area contributed by atoms with Crippen LogP contribution in [0.5, 0.6) is 5.75 Å². The molecule has 25 heavy (non-hydrogen) atoms. The van der Waals surface area contributed by atoms with Crippen LogP contribution in [0, 0.1) is 20.2 Å². The molecule has 0 aliphatic rings. The Morgan fingerprint density at radius 3 is 2.16 bits per heavy atom. The molecule has 12 nitrogen and oxygen atoms in total. The van der Waals surface area contributed by atoms with Crippen molar-refractivity contribution in [3.05, 3.63) is 53.2 Å². The van der Waals surface area contributed by atoms with Crippen LogP contribution in [0.3, 0.4) is 0 Å². The highest BCUT2D eigenvalue weighted by Gasteiger charge is 2.28. The molecule has 0 radical (unpaired) electrons. The van der Waals surface area contributed by atoms with Crippen molar-refractivity contribution in [3.8, 4) is 16.9 Å². The van der Waals surface area contributed by atoms with Gasteiger partial charge in [-0.2, -0.15) is 0 Å². The average Bonchev–Trinajstić information content (AvgIpc) is 2.56. The Balaban J connectivity index is 3.07. The van der Waals surface area contributed by atoms with E-state index < -0.39 is 43.8 Å². The molecule has 2 rings (SSSR count). The lowest BCUT2D eigenvalue weighted by Gasteiger charge is -2.15. The van der Waals surface area contributed by atoms with Crippen LogP contribution in [0.15, 0.2) is 21.7 Å². The van der Waals surface area contributed by atoms with E-state index >= 15 is 0 Å². The average molecular weight is 351 g/mol. The third kappa shape index (κ3) is 2.69. The molecule has 1 aromatic carbocycles. The van der Waals surface area contributed by atoms with Gasteiger partial charge in [0.1, 0.15) is 5.82 Å². The normalized spacial score (nSPS) is 10.5. The lowest BCUT2D eigenvalue weighted by Crippen LogP contribution is -2.39. The highest BCUT2D eigenvalue weighted by Crippen LogP contribution is 2.41. The monoisotopic (exact) mass is 351 g/mol. The molecule has 2 aromatic rings. The summed E-state index contributed by atoms with van der Waals surface area (Å²) in [6, 6.07) is 1.43. The summed E-state index contributed by atoms with van der Waals surface area (Å²) in [5.41, 5.74) is -3.91. The second kappa shape index (κ2) is 6.07. The van der Waals surface area contributed by atoms with Gasteiger partial charge < -0.3 is 10.4 Å². The Morgan fingerprint density at radius 2 is 1.68 bits per heavy atom. The van der Waals surface area contributed by atoms with E-state index in [-0.39, 0.29) is 11.4 Å². The molecule has 1 heterocycles. The number of rotatable bonds is 4. The Morgan fingerprint density at radius 1 is 1.08 bits per heavy atom. The standard InChI is InChI=1S/C13H13N5O7/c1-14-11-9(12(20)16(3)13(21)15(11)2)7-4-6(17(22)23)5-8(10(7)19)18(24)25/h4-5,14,19H,1-3H3. The van der Waals surface area contributed by atoms with Gasteiger partial charge in [-0.15, -0.1) is 0 Å². The summed E-state index contributed by atoms with van der Waals surface area (Å²) in [7, 11) is 3.90. The van der Waals surface area contributed by atoms with Crippen LogP contribution in [0.25, 0.3) is 11.1 Å². The Kier molecular flexibility index (Phi) is 4.28. The van der Waals surface area contributed by atoms with E-state index in [0.29, 0.717) is 6.07 Å². The first-order valence-electron chi connectivity index (χ1n) is 6.75. The fourth-order valence-electron chi connectivity index (χ4n) is 2.42. The number of aromatic nitrogens is 2. The number of phenolic OH excluding ortho intramolecular Hbond substituents is 1. The zero-order chi connectivity index (χ0) is 19.0. The molecule has 2 N–H and O–H groups in total. The zero-order valence-corrected chi connectivity index (χ0v) is 13.3. The lowest BCUT2D eigenvalue weighted by molar-refractivity contribution is -0.394. The second-order valence-corrected chi connectivity index (χ2v) is 5.05. The number of hydrogen-bond acceptors (Lipinski definition) is 8. The molecule has 0 fully saturated rings. The summed E-state index contributed by atoms with van der Waals surface area (Å²) in [4.78, 5) is 44.7. The number of aromatic hydroxyl groups is 1. The molecule has 1 aromatic heterocycles. The fourth-order valence-corrected chi connectivity index (χ4v) is 2.42. The smallest absolute Gasteiger partial charge is 0.332 e. The molecule has 0 amide bonds. The predicted molar refractivity (Wildman–Crippen MR) is 86.9 cm³/mol. The van der Waals surface area contributed by atoms with Crippen molar-refractivity contribution < 1.29 is 15.0 Å². The predicted octanol–water partition coefficient (Wildman–Crippen LogP) is 0.315. The van der Waals surface area contributed by atoms with E-state index in [1.165, 1.54) is 21.1 Å². The van der Waals surface area contributed by atoms with Gasteiger partial charge in [0, 0.05) is 32.8 Å². The van der Waals surface area contributed by atoms with E-state index in [4.69, 9.17) is 0 Å². The maximum absolute atomic E-state index is 12.5. The highest BCUT2D eigenvalue weighted by atomic mass is 16.6. The number of anilines is 1. The van der Waals surface area contributed by atoms with Gasteiger partial charge in [0.05, 0.1) is 21.5 Å². The Labute approximate surface area is 138 Å². The number of nitro benzene ring substituents is 2. The Hall–Kier alpha value is -3.70. The minimum absolute atomic E-state index is 0.0572. The quantitative estimate of drug-likeness (QED) is 0.587. The summed E-state index contributed by atoms with van der Waals surface area (Å²) in [6.45, 7) is 0. The van der Waals surface area contributed by atoms with Crippen LogP contribution in [0.1, 0.15) is 0 Å². The summed E-state index contributed by atoms with van der Waals surface area (Å²) in [6.07, 6.45) is 0. The Bertz CT molecular complexity index is 1020. The van der Waals surface area contributed by atoms with Crippen molar-refractivity contribution in [3.63, 3.8) is 0 Å². The lowest BCUT2D eigenvalue weighted by atomic mass is 10.0. The van der Waals surface area contributed by atoms with Gasteiger partial charge in [0.15, 0.2) is 0 Å². The summed E-state index contributed by atoms with van der Waals surface area (Å²) in [5, 5.41) is 34.9. The van der Waals surface area contributed by atoms with Gasteiger partial charge in [-0.3, -0.25) is 34.2 Å². The van der Waals surface area contributed by atoms with Crippen LogP contribution in [0.2, 0.25) is 0 Å². The van der Waals surface area contributed by atoms with E-state index in [0.717, 1.165) is 15.2 Å². The molecule has 12 heteroatoms. The van der Waals surface area contributed by atoms with Gasteiger partial charge in [-0.1, -0.05) is 0 Å². The fraction of sp³-hybridized carbons (Fsp3) is 0.231. The molecular weight excluding hydrogens is 338 g/mol. The SMILES string of the molecule is CNc1c(-c2cc([N+](=O)[O-])cc([N+](=O)[O-])c2O)c(=O)n(C)c(=O)n1C. The molecule has 0 spiro atoms. The van der Waals surface area contributed by atoms with Crippen LogP contribution in [-0.2, 0) is 14.1 Å². The van der Waals surface area contributed by atoms with Crippen molar-refractivity contribution >= 4 is 17.2 Å². The molecule has 0 saturated heterocycles. The molecule has 0 aliphatic heterocycles. The van der Waals surface area contributed by atoms with Gasteiger partial charge in [-0.25, -0.2) is 4.79 Å². The number of benzene rings is 1. The first-order chi connectivity index (χ1) is 11.6. The number of nitro groups is 2.